The first-order valence-electron chi connectivity index (χ1n) is 9.31. The first-order valence-corrected chi connectivity index (χ1v) is 10.8. The molecule has 13 nitrogen and oxygen atoms in total. The molecule has 0 saturated heterocycles. The first-order chi connectivity index (χ1) is 13.7. The predicted octanol–water partition coefficient (Wildman–Crippen LogP) is -1.11. The molecule has 0 aromatic rings. The van der Waals surface area contributed by atoms with Crippen molar-refractivity contribution in [2.45, 2.75) is 31.9 Å². The minimum Gasteiger partial charge on any atom is -0.462 e. The minimum absolute atomic E-state index is 0.0230. The van der Waals surface area contributed by atoms with E-state index in [2.05, 4.69) is 5.32 Å². The van der Waals surface area contributed by atoms with Crippen LogP contribution in [0.4, 0.5) is 0 Å². The second-order valence-corrected chi connectivity index (χ2v) is 9.02. The standard InChI is InChI=1S/C16H34N5O8P/c1-12(22)26-10-13(11-28-30(24,25)27-9-8-21(2,3)4)29-15(23)14(17)6-5-7-20-16(18)19/h13-14H,5-11,17H2,1-4H3,(H4-,18,19,20,24,25)/p+1. The Hall–Kier alpha value is -1.76. The number of hydrogen-bond acceptors (Lipinski definition) is 9. The predicted molar refractivity (Wildman–Crippen MR) is 108 cm³/mol. The number of carbonyl (C=O) groups excluding carboxylic acids is 2. The van der Waals surface area contributed by atoms with E-state index in [1.165, 1.54) is 0 Å². The van der Waals surface area contributed by atoms with Gasteiger partial charge >= 0.3 is 19.8 Å². The number of esters is 2. The molecule has 0 heterocycles. The maximum atomic E-state index is 12.1. The summed E-state index contributed by atoms with van der Waals surface area (Å²) >= 11 is 0. The van der Waals surface area contributed by atoms with Crippen LogP contribution in [0.5, 0.6) is 0 Å². The number of rotatable bonds is 15. The van der Waals surface area contributed by atoms with Crippen molar-refractivity contribution in [3.05, 3.63) is 0 Å². The lowest BCUT2D eigenvalue weighted by Gasteiger charge is -2.24. The molecule has 0 aromatic carbocycles. The van der Waals surface area contributed by atoms with Gasteiger partial charge in [0.2, 0.25) is 0 Å². The number of nitrogens with two attached hydrogens (primary N) is 2. The third-order valence-corrected chi connectivity index (χ3v) is 4.49. The van der Waals surface area contributed by atoms with E-state index in [1.807, 2.05) is 21.1 Å². The van der Waals surface area contributed by atoms with Gasteiger partial charge in [-0.15, -0.1) is 0 Å². The van der Waals surface area contributed by atoms with Gasteiger partial charge < -0.3 is 35.6 Å². The van der Waals surface area contributed by atoms with Gasteiger partial charge in [-0.3, -0.25) is 24.0 Å². The maximum Gasteiger partial charge on any atom is 0.472 e. The topological polar surface area (TPSA) is 196 Å². The van der Waals surface area contributed by atoms with Gasteiger partial charge in [-0.2, -0.15) is 0 Å². The van der Waals surface area contributed by atoms with Crippen LogP contribution in [0.1, 0.15) is 19.8 Å². The van der Waals surface area contributed by atoms with Crippen molar-refractivity contribution in [1.29, 1.82) is 5.41 Å². The molecular weight excluding hydrogens is 421 g/mol. The molecule has 0 aromatic heterocycles. The van der Waals surface area contributed by atoms with Gasteiger partial charge in [0.25, 0.3) is 0 Å². The van der Waals surface area contributed by atoms with Crippen LogP contribution in [0.25, 0.3) is 0 Å². The Balaban J connectivity index is 4.63. The van der Waals surface area contributed by atoms with Crippen molar-refractivity contribution in [3.8, 4) is 0 Å². The molecule has 0 bridgehead atoms. The number of phosphoric acid groups is 1. The molecule has 14 heteroatoms. The lowest BCUT2D eigenvalue weighted by Crippen LogP contribution is -2.39. The summed E-state index contributed by atoms with van der Waals surface area (Å²) in [5.74, 6) is -1.61. The normalized spacial score (nSPS) is 15.5. The third-order valence-electron chi connectivity index (χ3n) is 3.51. The Bertz CT molecular complexity index is 613. The zero-order valence-electron chi connectivity index (χ0n) is 18.0. The van der Waals surface area contributed by atoms with Gasteiger partial charge in [0.15, 0.2) is 12.1 Å². The molecule has 176 valence electrons. The summed E-state index contributed by atoms with van der Waals surface area (Å²) < 4.78 is 32.2. The largest absolute Gasteiger partial charge is 0.472 e. The van der Waals surface area contributed by atoms with E-state index >= 15 is 0 Å². The summed E-state index contributed by atoms with van der Waals surface area (Å²) in [4.78, 5) is 32.9. The Morgan fingerprint density at radius 2 is 1.87 bits per heavy atom. The summed E-state index contributed by atoms with van der Waals surface area (Å²) in [6.07, 6.45) is -0.454. The number of likely N-dealkylation sites (N-methyl/N-ethyl adjacent to an activating group) is 1. The number of nitrogens with zero attached hydrogens (tertiary/aromatic N) is 1. The zero-order valence-corrected chi connectivity index (χ0v) is 18.9. The van der Waals surface area contributed by atoms with Crippen molar-refractivity contribution in [3.63, 3.8) is 0 Å². The van der Waals surface area contributed by atoms with Gasteiger partial charge in [0, 0.05) is 13.5 Å². The van der Waals surface area contributed by atoms with Crippen LogP contribution in [0.2, 0.25) is 0 Å². The molecule has 0 aliphatic rings. The quantitative estimate of drug-likeness (QED) is 0.0500. The molecule has 0 spiro atoms. The van der Waals surface area contributed by atoms with Gasteiger partial charge in [-0.05, 0) is 12.8 Å². The minimum atomic E-state index is -4.39. The molecular formula is C16H35N5O8P+. The highest BCUT2D eigenvalue weighted by atomic mass is 31.2. The molecule has 0 radical (unpaired) electrons. The lowest BCUT2D eigenvalue weighted by atomic mass is 10.1. The van der Waals surface area contributed by atoms with Crippen molar-refractivity contribution < 1.29 is 42.1 Å². The average Bonchev–Trinajstić information content (AvgIpc) is 2.59. The van der Waals surface area contributed by atoms with E-state index in [4.69, 9.17) is 35.4 Å². The van der Waals surface area contributed by atoms with Gasteiger partial charge in [-0.1, -0.05) is 0 Å². The number of nitrogens with one attached hydrogen (secondary N) is 2. The van der Waals surface area contributed by atoms with Gasteiger partial charge in [0.1, 0.15) is 25.8 Å². The summed E-state index contributed by atoms with van der Waals surface area (Å²) in [5, 5.41) is 9.62. The molecule has 0 saturated carbocycles. The van der Waals surface area contributed by atoms with E-state index < -0.39 is 38.5 Å². The SMILES string of the molecule is CC(=O)OCC(COP(=O)(O)OCC[N+](C)(C)C)OC(=O)C(N)CCCNC(=N)N. The molecule has 3 atom stereocenters. The first kappa shape index (κ1) is 28.2. The highest BCUT2D eigenvalue weighted by molar-refractivity contribution is 7.47. The number of hydrogen-bond donors (Lipinski definition) is 5. The van der Waals surface area contributed by atoms with E-state index in [-0.39, 0.29) is 25.6 Å². The van der Waals surface area contributed by atoms with Crippen molar-refractivity contribution in [2.75, 3.05) is 54.1 Å². The lowest BCUT2D eigenvalue weighted by molar-refractivity contribution is -0.870. The van der Waals surface area contributed by atoms with Crippen LogP contribution in [0, 0.1) is 5.41 Å². The molecule has 0 aliphatic carbocycles. The molecule has 3 unspecified atom stereocenters. The highest BCUT2D eigenvalue weighted by Gasteiger charge is 2.28. The Labute approximate surface area is 176 Å². The second-order valence-electron chi connectivity index (χ2n) is 7.56. The summed E-state index contributed by atoms with van der Waals surface area (Å²) in [5.41, 5.74) is 10.9. The van der Waals surface area contributed by atoms with Gasteiger partial charge in [0.05, 0.1) is 27.7 Å². The summed E-state index contributed by atoms with van der Waals surface area (Å²) in [6.45, 7) is 1.05. The van der Waals surface area contributed by atoms with E-state index in [9.17, 15) is 19.0 Å². The Kier molecular flexibility index (Phi) is 12.7. The molecule has 0 fully saturated rings. The maximum absolute atomic E-state index is 12.1. The smallest absolute Gasteiger partial charge is 0.462 e. The second kappa shape index (κ2) is 13.5. The van der Waals surface area contributed by atoms with Gasteiger partial charge in [-0.25, -0.2) is 4.57 Å². The third kappa shape index (κ3) is 16.1. The van der Waals surface area contributed by atoms with Crippen LogP contribution >= 0.6 is 7.82 Å². The molecule has 0 rings (SSSR count). The monoisotopic (exact) mass is 456 g/mol. The van der Waals surface area contributed by atoms with Crippen LogP contribution in [-0.2, 0) is 32.7 Å². The van der Waals surface area contributed by atoms with Crippen molar-refractivity contribution in [2.24, 2.45) is 11.5 Å². The van der Waals surface area contributed by atoms with E-state index in [0.717, 1.165) is 6.92 Å². The molecule has 7 N–H and O–H groups in total. The number of carbonyl (C=O) groups is 2. The molecule has 0 amide bonds. The fourth-order valence-electron chi connectivity index (χ4n) is 1.89. The molecule has 0 aliphatic heterocycles. The fourth-order valence-corrected chi connectivity index (χ4v) is 2.63. The average molecular weight is 456 g/mol. The Morgan fingerprint density at radius 1 is 1.23 bits per heavy atom. The number of ether oxygens (including phenoxy) is 2. The number of quaternary nitrogens is 1. The molecule has 30 heavy (non-hydrogen) atoms. The Morgan fingerprint density at radius 3 is 2.40 bits per heavy atom. The number of guanidine groups is 1. The van der Waals surface area contributed by atoms with E-state index in [0.29, 0.717) is 24.0 Å². The van der Waals surface area contributed by atoms with Crippen molar-refractivity contribution in [1.82, 2.24) is 5.32 Å². The van der Waals surface area contributed by atoms with E-state index in [1.54, 1.807) is 0 Å². The summed E-state index contributed by atoms with van der Waals surface area (Å²) in [6, 6.07) is -0.986. The van der Waals surface area contributed by atoms with Crippen LogP contribution < -0.4 is 16.8 Å². The van der Waals surface area contributed by atoms with Crippen molar-refractivity contribution >= 4 is 25.7 Å². The van der Waals surface area contributed by atoms with Crippen LogP contribution in [0.15, 0.2) is 0 Å². The number of phosphoric ester groups is 1. The van der Waals surface area contributed by atoms with Crippen LogP contribution in [-0.4, -0.2) is 93.5 Å². The summed E-state index contributed by atoms with van der Waals surface area (Å²) in [7, 11) is 1.28. The highest BCUT2D eigenvalue weighted by Crippen LogP contribution is 2.43. The zero-order chi connectivity index (χ0) is 23.4. The fraction of sp³-hybridized carbons (Fsp3) is 0.812. The van der Waals surface area contributed by atoms with Crippen LogP contribution in [0.3, 0.4) is 0 Å².